The van der Waals surface area contributed by atoms with Crippen LogP contribution in [-0.2, 0) is 6.42 Å². The van der Waals surface area contributed by atoms with Crippen LogP contribution in [-0.4, -0.2) is 0 Å². The van der Waals surface area contributed by atoms with Gasteiger partial charge in [0.05, 0.1) is 11.4 Å². The van der Waals surface area contributed by atoms with E-state index in [1.807, 2.05) is 30.3 Å². The molecule has 1 heterocycles. The first-order valence-corrected chi connectivity index (χ1v) is 6.69. The van der Waals surface area contributed by atoms with Crippen LogP contribution in [0, 0.1) is 12.3 Å². The minimum atomic E-state index is 0.561. The number of fused-ring (bicyclic) bond motifs is 2. The normalized spacial score (nSPS) is 11.9. The monoisotopic (exact) mass is 267 g/mol. The van der Waals surface area contributed by atoms with Gasteiger partial charge in [-0.2, -0.15) is 0 Å². The summed E-state index contributed by atoms with van der Waals surface area (Å²) in [5.41, 5.74) is 16.4. The molecule has 94 valence electrons. The third kappa shape index (κ3) is 2.09. The lowest BCUT2D eigenvalue weighted by atomic mass is 10.1. The highest BCUT2D eigenvalue weighted by Gasteiger charge is 2.19. The van der Waals surface area contributed by atoms with E-state index in [9.17, 15) is 0 Å². The van der Waals surface area contributed by atoms with Gasteiger partial charge in [0.1, 0.15) is 0 Å². The Morgan fingerprint density at radius 3 is 2.68 bits per heavy atom. The molecule has 0 saturated carbocycles. The summed E-state index contributed by atoms with van der Waals surface area (Å²) in [6.45, 7) is 0. The molecule has 0 spiro atoms. The van der Waals surface area contributed by atoms with E-state index >= 15 is 0 Å². The Morgan fingerprint density at radius 2 is 1.89 bits per heavy atom. The minimum absolute atomic E-state index is 0.561. The Morgan fingerprint density at radius 1 is 1.11 bits per heavy atom. The number of nitrogens with one attached hydrogen (secondary N) is 1. The zero-order chi connectivity index (χ0) is 13.4. The van der Waals surface area contributed by atoms with E-state index in [-0.39, 0.29) is 0 Å². The van der Waals surface area contributed by atoms with Crippen molar-refractivity contribution in [2.75, 3.05) is 16.8 Å². The van der Waals surface area contributed by atoms with Crippen LogP contribution in [0.15, 0.2) is 40.1 Å². The molecular formula is C15H13N3S. The Labute approximate surface area is 116 Å². The first-order valence-electron chi connectivity index (χ1n) is 5.87. The van der Waals surface area contributed by atoms with Crippen molar-refractivity contribution >= 4 is 34.5 Å². The Balaban J connectivity index is 2.11. The molecule has 2 aromatic rings. The van der Waals surface area contributed by atoms with E-state index in [4.69, 9.17) is 17.9 Å². The molecule has 4 heteroatoms. The molecule has 3 rings (SSSR count). The molecule has 0 saturated heterocycles. The van der Waals surface area contributed by atoms with E-state index in [1.165, 1.54) is 0 Å². The zero-order valence-corrected chi connectivity index (χ0v) is 11.1. The second-order valence-corrected chi connectivity index (χ2v) is 5.50. The van der Waals surface area contributed by atoms with Gasteiger partial charge in [0, 0.05) is 27.6 Å². The quantitative estimate of drug-likeness (QED) is 0.468. The van der Waals surface area contributed by atoms with Gasteiger partial charge < -0.3 is 16.8 Å². The van der Waals surface area contributed by atoms with Gasteiger partial charge in [-0.1, -0.05) is 11.8 Å². The van der Waals surface area contributed by atoms with Gasteiger partial charge >= 0.3 is 0 Å². The van der Waals surface area contributed by atoms with Crippen molar-refractivity contribution in [3.05, 3.63) is 35.9 Å². The molecule has 1 aliphatic heterocycles. The molecule has 5 N–H and O–H groups in total. The number of rotatable bonds is 1. The highest BCUT2D eigenvalue weighted by molar-refractivity contribution is 7.99. The average Bonchev–Trinajstić information content (AvgIpc) is 2.37. The number of nitrogen functional groups attached to an aromatic ring is 2. The van der Waals surface area contributed by atoms with Gasteiger partial charge in [0.15, 0.2) is 0 Å². The fraction of sp³-hybridized carbons (Fsp3) is 0.0667. The molecule has 0 bridgehead atoms. The van der Waals surface area contributed by atoms with Crippen LogP contribution in [0.25, 0.3) is 0 Å². The fourth-order valence-electron chi connectivity index (χ4n) is 2.15. The maximum Gasteiger partial charge on any atom is 0.0570 e. The Hall–Kier alpha value is -2.25. The second-order valence-electron chi connectivity index (χ2n) is 4.42. The van der Waals surface area contributed by atoms with Crippen molar-refractivity contribution < 1.29 is 0 Å². The van der Waals surface area contributed by atoms with Crippen molar-refractivity contribution in [1.29, 1.82) is 0 Å². The number of nitrogens with two attached hydrogens (primary N) is 2. The summed E-state index contributed by atoms with van der Waals surface area (Å²) in [4.78, 5) is 2.19. The third-order valence-electron chi connectivity index (χ3n) is 2.98. The second kappa shape index (κ2) is 4.45. The lowest BCUT2D eigenvalue weighted by molar-refractivity contribution is 1.23. The van der Waals surface area contributed by atoms with E-state index < -0.39 is 0 Å². The van der Waals surface area contributed by atoms with Gasteiger partial charge in [-0.15, -0.1) is 12.3 Å². The SMILES string of the molecule is C#CCc1cc(N)cc2c1Nc1ccc(N)cc1S2. The fourth-order valence-corrected chi connectivity index (χ4v) is 3.29. The van der Waals surface area contributed by atoms with E-state index in [0.717, 1.165) is 38.1 Å². The maximum atomic E-state index is 5.93. The first-order chi connectivity index (χ1) is 9.17. The maximum absolute atomic E-state index is 5.93. The van der Waals surface area contributed by atoms with Crippen LogP contribution < -0.4 is 16.8 Å². The molecular weight excluding hydrogens is 254 g/mol. The Bertz CT molecular complexity index is 701. The summed E-state index contributed by atoms with van der Waals surface area (Å²) in [5, 5.41) is 3.42. The smallest absolute Gasteiger partial charge is 0.0570 e. The summed E-state index contributed by atoms with van der Waals surface area (Å²) < 4.78 is 0. The standard InChI is InChI=1S/C15H13N3S/c1-2-3-9-6-11(17)8-14-15(9)18-12-5-4-10(16)7-13(12)19-14/h1,4-8,18H,3,16-17H2. The molecule has 2 aromatic carbocycles. The molecule has 0 radical (unpaired) electrons. The lowest BCUT2D eigenvalue weighted by Gasteiger charge is -2.23. The molecule has 0 atom stereocenters. The van der Waals surface area contributed by atoms with Gasteiger partial charge in [0.25, 0.3) is 0 Å². The van der Waals surface area contributed by atoms with Crippen LogP contribution >= 0.6 is 11.8 Å². The number of terminal acetylenes is 1. The van der Waals surface area contributed by atoms with Crippen molar-refractivity contribution in [2.24, 2.45) is 0 Å². The summed E-state index contributed by atoms with van der Waals surface area (Å²) in [5.74, 6) is 2.67. The van der Waals surface area contributed by atoms with Crippen molar-refractivity contribution in [2.45, 2.75) is 16.2 Å². The largest absolute Gasteiger partial charge is 0.399 e. The topological polar surface area (TPSA) is 64.1 Å². The average molecular weight is 267 g/mol. The molecule has 0 fully saturated rings. The number of hydrogen-bond donors (Lipinski definition) is 3. The van der Waals surface area contributed by atoms with Gasteiger partial charge in [-0.25, -0.2) is 0 Å². The number of benzene rings is 2. The van der Waals surface area contributed by atoms with Crippen LogP contribution in [0.4, 0.5) is 22.7 Å². The predicted molar refractivity (Wildman–Crippen MR) is 81.7 cm³/mol. The first kappa shape index (κ1) is 11.8. The van der Waals surface area contributed by atoms with Crippen LogP contribution in [0.1, 0.15) is 5.56 Å². The minimum Gasteiger partial charge on any atom is -0.399 e. The van der Waals surface area contributed by atoms with Gasteiger partial charge in [-0.05, 0) is 35.9 Å². The summed E-state index contributed by atoms with van der Waals surface area (Å²) in [6.07, 6.45) is 5.98. The van der Waals surface area contributed by atoms with E-state index in [2.05, 4.69) is 11.2 Å². The summed E-state index contributed by atoms with van der Waals surface area (Å²) in [6, 6.07) is 9.71. The molecule has 0 amide bonds. The highest BCUT2D eigenvalue weighted by atomic mass is 32.2. The van der Waals surface area contributed by atoms with Crippen LogP contribution in [0.5, 0.6) is 0 Å². The molecule has 19 heavy (non-hydrogen) atoms. The lowest BCUT2D eigenvalue weighted by Crippen LogP contribution is -2.05. The van der Waals surface area contributed by atoms with Gasteiger partial charge in [0.2, 0.25) is 0 Å². The predicted octanol–water partition coefficient (Wildman–Crippen LogP) is 3.23. The molecule has 1 aliphatic rings. The highest BCUT2D eigenvalue weighted by Crippen LogP contribution is 2.47. The third-order valence-corrected chi connectivity index (χ3v) is 4.08. The molecule has 0 aliphatic carbocycles. The van der Waals surface area contributed by atoms with Gasteiger partial charge in [-0.3, -0.25) is 0 Å². The Kier molecular flexibility index (Phi) is 2.77. The molecule has 0 aromatic heterocycles. The van der Waals surface area contributed by atoms with Crippen molar-refractivity contribution in [1.82, 2.24) is 0 Å². The summed E-state index contributed by atoms with van der Waals surface area (Å²) >= 11 is 1.66. The molecule has 3 nitrogen and oxygen atoms in total. The molecule has 0 unspecified atom stereocenters. The van der Waals surface area contributed by atoms with Crippen LogP contribution in [0.2, 0.25) is 0 Å². The van der Waals surface area contributed by atoms with E-state index in [1.54, 1.807) is 11.8 Å². The van der Waals surface area contributed by atoms with E-state index in [0.29, 0.717) is 6.42 Å². The van der Waals surface area contributed by atoms with Crippen molar-refractivity contribution in [3.63, 3.8) is 0 Å². The zero-order valence-electron chi connectivity index (χ0n) is 10.2. The number of anilines is 4. The number of hydrogen-bond acceptors (Lipinski definition) is 4. The summed E-state index contributed by atoms with van der Waals surface area (Å²) in [7, 11) is 0. The van der Waals surface area contributed by atoms with Crippen molar-refractivity contribution in [3.8, 4) is 12.3 Å². The van der Waals surface area contributed by atoms with Crippen LogP contribution in [0.3, 0.4) is 0 Å².